The lowest BCUT2D eigenvalue weighted by Crippen LogP contribution is -2.07. The molecule has 0 aliphatic rings. The second kappa shape index (κ2) is 5.36. The molecule has 106 valence electrons. The maximum absolute atomic E-state index is 13.0. The largest absolute Gasteiger partial charge is 0.439 e. The molecule has 0 radical (unpaired) electrons. The van der Waals surface area contributed by atoms with Gasteiger partial charge in [0.2, 0.25) is 5.88 Å². The molecule has 0 amide bonds. The Kier molecular flexibility index (Phi) is 3.78. The lowest BCUT2D eigenvalue weighted by atomic mass is 10.2. The summed E-state index contributed by atoms with van der Waals surface area (Å²) in [5, 5.41) is 2.51. The fraction of sp³-hybridized carbons (Fsp3) is 0.154. The molecule has 0 bridgehead atoms. The first-order valence-electron chi connectivity index (χ1n) is 5.59. The molecule has 1 aromatic heterocycles. The van der Waals surface area contributed by atoms with Crippen LogP contribution in [0.2, 0.25) is 0 Å². The van der Waals surface area contributed by atoms with Gasteiger partial charge in [-0.25, -0.2) is 4.39 Å². The maximum atomic E-state index is 13.0. The van der Waals surface area contributed by atoms with Crippen LogP contribution in [0.3, 0.4) is 0 Å². The average Bonchev–Trinajstić information content (AvgIpc) is 2.37. The third-order valence-electron chi connectivity index (χ3n) is 2.40. The van der Waals surface area contributed by atoms with Gasteiger partial charge in [0.1, 0.15) is 17.4 Å². The molecule has 1 aromatic carbocycles. The Bertz CT molecular complexity index is 614. The molecule has 7 heteroatoms. The summed E-state index contributed by atoms with van der Waals surface area (Å²) in [6, 6.07) is 6.68. The van der Waals surface area contributed by atoms with Crippen molar-refractivity contribution in [1.82, 2.24) is 4.98 Å². The highest BCUT2D eigenvalue weighted by molar-refractivity contribution is 5.43. The van der Waals surface area contributed by atoms with Gasteiger partial charge < -0.3 is 10.1 Å². The minimum Gasteiger partial charge on any atom is -0.439 e. The monoisotopic (exact) mass is 286 g/mol. The second-order valence-corrected chi connectivity index (χ2v) is 3.89. The number of rotatable bonds is 3. The summed E-state index contributed by atoms with van der Waals surface area (Å²) in [4.78, 5) is 3.83. The van der Waals surface area contributed by atoms with Gasteiger partial charge >= 0.3 is 6.18 Å². The summed E-state index contributed by atoms with van der Waals surface area (Å²) in [6.45, 7) is 0. The van der Waals surface area contributed by atoms with Crippen LogP contribution >= 0.6 is 0 Å². The normalized spacial score (nSPS) is 11.2. The maximum Gasteiger partial charge on any atom is 0.416 e. The summed E-state index contributed by atoms with van der Waals surface area (Å²) < 4.78 is 56.3. The molecular weight excluding hydrogens is 276 g/mol. The molecule has 2 aromatic rings. The Morgan fingerprint density at radius 2 is 1.90 bits per heavy atom. The minimum absolute atomic E-state index is 0.00577. The standard InChI is InChI=1S/C13H10F4N2O/c1-18-11-5-8(13(15,16)17)6-12(19-11)20-10-4-2-3-9(14)7-10/h2-7H,1H3,(H,18,19). The molecule has 2 rings (SSSR count). The zero-order valence-electron chi connectivity index (χ0n) is 10.3. The van der Waals surface area contributed by atoms with E-state index in [-0.39, 0.29) is 17.4 Å². The van der Waals surface area contributed by atoms with Crippen LogP contribution < -0.4 is 10.1 Å². The van der Waals surface area contributed by atoms with E-state index in [2.05, 4.69) is 10.3 Å². The quantitative estimate of drug-likeness (QED) is 0.863. The Morgan fingerprint density at radius 3 is 2.50 bits per heavy atom. The van der Waals surface area contributed by atoms with E-state index in [9.17, 15) is 17.6 Å². The van der Waals surface area contributed by atoms with Crippen LogP contribution in [0.25, 0.3) is 0 Å². The minimum atomic E-state index is -4.52. The molecule has 0 unspecified atom stereocenters. The van der Waals surface area contributed by atoms with Crippen LogP contribution in [0.1, 0.15) is 5.56 Å². The predicted molar refractivity (Wildman–Crippen MR) is 65.3 cm³/mol. The van der Waals surface area contributed by atoms with E-state index >= 15 is 0 Å². The number of alkyl halides is 3. The van der Waals surface area contributed by atoms with Crippen molar-refractivity contribution in [2.24, 2.45) is 0 Å². The number of halogens is 4. The lowest BCUT2D eigenvalue weighted by molar-refractivity contribution is -0.137. The van der Waals surface area contributed by atoms with Crippen molar-refractivity contribution >= 4 is 5.82 Å². The number of pyridine rings is 1. The van der Waals surface area contributed by atoms with E-state index in [0.29, 0.717) is 0 Å². The van der Waals surface area contributed by atoms with Crippen molar-refractivity contribution in [2.75, 3.05) is 12.4 Å². The molecule has 3 nitrogen and oxygen atoms in total. The van der Waals surface area contributed by atoms with Gasteiger partial charge in [0, 0.05) is 19.2 Å². The third-order valence-corrected chi connectivity index (χ3v) is 2.40. The zero-order chi connectivity index (χ0) is 14.8. The number of aromatic nitrogens is 1. The van der Waals surface area contributed by atoms with E-state index in [0.717, 1.165) is 18.2 Å². The van der Waals surface area contributed by atoms with Gasteiger partial charge in [0.15, 0.2) is 0 Å². The van der Waals surface area contributed by atoms with E-state index in [1.807, 2.05) is 0 Å². The molecular formula is C13H10F4N2O. The summed E-state index contributed by atoms with van der Waals surface area (Å²) in [7, 11) is 1.44. The highest BCUT2D eigenvalue weighted by atomic mass is 19.4. The van der Waals surface area contributed by atoms with Crippen LogP contribution in [0.5, 0.6) is 11.6 Å². The van der Waals surface area contributed by atoms with Gasteiger partial charge in [-0.2, -0.15) is 18.2 Å². The number of nitrogens with zero attached hydrogens (tertiary/aromatic N) is 1. The summed E-state index contributed by atoms with van der Waals surface area (Å²) in [6.07, 6.45) is -4.52. The van der Waals surface area contributed by atoms with Gasteiger partial charge in [0.05, 0.1) is 5.56 Å². The predicted octanol–water partition coefficient (Wildman–Crippen LogP) is 4.07. The Balaban J connectivity index is 2.36. The number of hydrogen-bond donors (Lipinski definition) is 1. The van der Waals surface area contributed by atoms with Gasteiger partial charge in [-0.3, -0.25) is 0 Å². The number of nitrogens with one attached hydrogen (secondary N) is 1. The van der Waals surface area contributed by atoms with Crippen LogP contribution in [0, 0.1) is 5.82 Å². The first-order chi connectivity index (χ1) is 9.38. The van der Waals surface area contributed by atoms with Crippen LogP contribution in [-0.4, -0.2) is 12.0 Å². The molecule has 0 aliphatic carbocycles. The molecule has 0 spiro atoms. The highest BCUT2D eigenvalue weighted by Gasteiger charge is 2.32. The highest BCUT2D eigenvalue weighted by Crippen LogP contribution is 2.33. The molecule has 0 saturated carbocycles. The Labute approximate surface area is 112 Å². The third kappa shape index (κ3) is 3.37. The van der Waals surface area contributed by atoms with Gasteiger partial charge in [-0.05, 0) is 18.2 Å². The summed E-state index contributed by atoms with van der Waals surface area (Å²) in [5.74, 6) is -0.747. The van der Waals surface area contributed by atoms with Crippen LogP contribution in [0.15, 0.2) is 36.4 Å². The van der Waals surface area contributed by atoms with Crippen molar-refractivity contribution in [3.05, 3.63) is 47.8 Å². The number of hydrogen-bond acceptors (Lipinski definition) is 3. The van der Waals surface area contributed by atoms with E-state index in [4.69, 9.17) is 4.74 Å². The smallest absolute Gasteiger partial charge is 0.416 e. The van der Waals surface area contributed by atoms with Crippen molar-refractivity contribution in [1.29, 1.82) is 0 Å². The molecule has 0 aliphatic heterocycles. The van der Waals surface area contributed by atoms with E-state index in [1.165, 1.54) is 25.2 Å². The summed E-state index contributed by atoms with van der Waals surface area (Å²) >= 11 is 0. The molecule has 20 heavy (non-hydrogen) atoms. The number of anilines is 1. The van der Waals surface area contributed by atoms with Crippen LogP contribution in [-0.2, 0) is 6.18 Å². The van der Waals surface area contributed by atoms with Crippen molar-refractivity contribution in [3.63, 3.8) is 0 Å². The first kappa shape index (κ1) is 14.1. The van der Waals surface area contributed by atoms with Crippen LogP contribution in [0.4, 0.5) is 23.4 Å². The lowest BCUT2D eigenvalue weighted by Gasteiger charge is -2.11. The molecule has 1 N–H and O–H groups in total. The fourth-order valence-electron chi connectivity index (χ4n) is 1.50. The fourth-order valence-corrected chi connectivity index (χ4v) is 1.50. The second-order valence-electron chi connectivity index (χ2n) is 3.89. The number of ether oxygens (including phenoxy) is 1. The molecule has 0 saturated heterocycles. The van der Waals surface area contributed by atoms with E-state index in [1.54, 1.807) is 0 Å². The first-order valence-corrected chi connectivity index (χ1v) is 5.59. The topological polar surface area (TPSA) is 34.1 Å². The Morgan fingerprint density at radius 1 is 1.15 bits per heavy atom. The SMILES string of the molecule is CNc1cc(C(F)(F)F)cc(Oc2cccc(F)c2)n1. The molecule has 1 heterocycles. The number of benzene rings is 1. The summed E-state index contributed by atoms with van der Waals surface area (Å²) in [5.41, 5.74) is -0.900. The van der Waals surface area contributed by atoms with Crippen molar-refractivity contribution < 1.29 is 22.3 Å². The van der Waals surface area contributed by atoms with Gasteiger partial charge in [0.25, 0.3) is 0 Å². The molecule has 0 atom stereocenters. The Hall–Kier alpha value is -2.31. The van der Waals surface area contributed by atoms with Crippen molar-refractivity contribution in [3.8, 4) is 11.6 Å². The van der Waals surface area contributed by atoms with Crippen molar-refractivity contribution in [2.45, 2.75) is 6.18 Å². The van der Waals surface area contributed by atoms with E-state index < -0.39 is 17.6 Å². The van der Waals surface area contributed by atoms with Gasteiger partial charge in [-0.15, -0.1) is 0 Å². The van der Waals surface area contributed by atoms with Gasteiger partial charge in [-0.1, -0.05) is 6.07 Å². The average molecular weight is 286 g/mol. The molecule has 0 fully saturated rings. The zero-order valence-corrected chi connectivity index (χ0v) is 10.3.